The zero-order valence-corrected chi connectivity index (χ0v) is 16.2. The molecule has 8 heteroatoms. The molecule has 1 aromatic carbocycles. The highest BCUT2D eigenvalue weighted by Crippen LogP contribution is 2.36. The number of piperidine rings is 1. The Morgan fingerprint density at radius 3 is 2.08 bits per heavy atom. The molecule has 2 heterocycles. The van der Waals surface area contributed by atoms with Crippen LogP contribution in [0.2, 0.25) is 0 Å². The van der Waals surface area contributed by atoms with Crippen molar-refractivity contribution in [1.29, 1.82) is 0 Å². The van der Waals surface area contributed by atoms with Crippen molar-refractivity contribution in [2.75, 3.05) is 13.1 Å². The van der Waals surface area contributed by atoms with Crippen molar-refractivity contribution in [3.8, 4) is 0 Å². The van der Waals surface area contributed by atoms with E-state index in [2.05, 4.69) is 10.0 Å². The molecule has 138 valence electrons. The van der Waals surface area contributed by atoms with Crippen molar-refractivity contribution in [3.05, 3.63) is 24.3 Å². The molecule has 0 amide bonds. The summed E-state index contributed by atoms with van der Waals surface area (Å²) in [5.41, 5.74) is -0.0164. The minimum atomic E-state index is -3.51. The number of benzene rings is 1. The predicted molar refractivity (Wildman–Crippen MR) is 98.4 cm³/mol. The fourth-order valence-corrected chi connectivity index (χ4v) is 4.32. The molecule has 2 aliphatic rings. The summed E-state index contributed by atoms with van der Waals surface area (Å²) in [6.07, 6.45) is 1.62. The summed E-state index contributed by atoms with van der Waals surface area (Å²) < 4.78 is 39.9. The molecule has 0 atom stereocenters. The highest BCUT2D eigenvalue weighted by Gasteiger charge is 2.51. The van der Waals surface area contributed by atoms with E-state index in [1.54, 1.807) is 24.3 Å². The van der Waals surface area contributed by atoms with Crippen molar-refractivity contribution in [2.24, 2.45) is 0 Å². The Kier molecular flexibility index (Phi) is 5.03. The predicted octanol–water partition coefficient (Wildman–Crippen LogP) is 1.02. The van der Waals surface area contributed by atoms with Gasteiger partial charge in [0, 0.05) is 6.04 Å². The molecule has 0 saturated carbocycles. The Labute approximate surface area is 150 Å². The third-order valence-electron chi connectivity index (χ3n) is 5.38. The van der Waals surface area contributed by atoms with E-state index in [-0.39, 0.29) is 10.9 Å². The summed E-state index contributed by atoms with van der Waals surface area (Å²) in [7, 11) is -3.99. The molecular formula is C17H27BN2O4S. The van der Waals surface area contributed by atoms with Crippen LogP contribution in [-0.2, 0) is 19.3 Å². The van der Waals surface area contributed by atoms with Crippen molar-refractivity contribution in [2.45, 2.75) is 62.7 Å². The molecule has 2 fully saturated rings. The molecule has 1 aromatic rings. The van der Waals surface area contributed by atoms with Gasteiger partial charge in [-0.25, -0.2) is 13.1 Å². The Bertz CT molecular complexity index is 697. The smallest absolute Gasteiger partial charge is 0.399 e. The second-order valence-corrected chi connectivity index (χ2v) is 9.52. The van der Waals surface area contributed by atoms with E-state index >= 15 is 0 Å². The zero-order chi connectivity index (χ0) is 18.3. The molecule has 0 aliphatic carbocycles. The zero-order valence-electron chi connectivity index (χ0n) is 15.3. The van der Waals surface area contributed by atoms with Gasteiger partial charge in [0.15, 0.2) is 0 Å². The second kappa shape index (κ2) is 6.66. The first-order chi connectivity index (χ1) is 11.6. The summed E-state index contributed by atoms with van der Waals surface area (Å²) in [5.74, 6) is 0. The van der Waals surface area contributed by atoms with Gasteiger partial charge < -0.3 is 14.6 Å². The van der Waals surface area contributed by atoms with Crippen LogP contribution in [0.25, 0.3) is 0 Å². The maximum Gasteiger partial charge on any atom is 0.494 e. The third kappa shape index (κ3) is 3.93. The Balaban J connectivity index is 1.72. The normalized spacial score (nSPS) is 23.8. The average molecular weight is 366 g/mol. The first-order valence-corrected chi connectivity index (χ1v) is 10.3. The van der Waals surface area contributed by atoms with Crippen molar-refractivity contribution in [3.63, 3.8) is 0 Å². The molecule has 0 radical (unpaired) electrons. The molecule has 2 saturated heterocycles. The number of nitrogens with one attached hydrogen (secondary N) is 2. The van der Waals surface area contributed by atoms with E-state index in [0.717, 1.165) is 31.4 Å². The van der Waals surface area contributed by atoms with Gasteiger partial charge in [0.1, 0.15) is 0 Å². The molecule has 0 spiro atoms. The molecule has 2 N–H and O–H groups in total. The molecule has 6 nitrogen and oxygen atoms in total. The van der Waals surface area contributed by atoms with E-state index in [1.165, 1.54) is 0 Å². The van der Waals surface area contributed by atoms with Gasteiger partial charge in [-0.2, -0.15) is 0 Å². The lowest BCUT2D eigenvalue weighted by Crippen LogP contribution is -2.42. The largest absolute Gasteiger partial charge is 0.494 e. The number of hydrogen-bond donors (Lipinski definition) is 2. The Hall–Kier alpha value is -0.925. The maximum atomic E-state index is 12.5. The first kappa shape index (κ1) is 18.9. The lowest BCUT2D eigenvalue weighted by atomic mass is 9.79. The topological polar surface area (TPSA) is 76.7 Å². The minimum absolute atomic E-state index is 0.00553. The van der Waals surface area contributed by atoms with Gasteiger partial charge in [-0.15, -0.1) is 0 Å². The SMILES string of the molecule is CC1(C)OB(c2ccc(S(=O)(=O)NC3CCNCC3)cc2)OC1(C)C. The van der Waals surface area contributed by atoms with E-state index in [9.17, 15) is 8.42 Å². The summed E-state index contributed by atoms with van der Waals surface area (Å²) in [5, 5.41) is 3.23. The third-order valence-corrected chi connectivity index (χ3v) is 6.91. The van der Waals surface area contributed by atoms with Crippen molar-refractivity contribution < 1.29 is 17.7 Å². The van der Waals surface area contributed by atoms with E-state index in [0.29, 0.717) is 0 Å². The summed E-state index contributed by atoms with van der Waals surface area (Å²) in [6, 6.07) is 6.75. The first-order valence-electron chi connectivity index (χ1n) is 8.79. The second-order valence-electron chi connectivity index (χ2n) is 7.80. The maximum absolute atomic E-state index is 12.5. The van der Waals surface area contributed by atoms with Gasteiger partial charge in [0.25, 0.3) is 0 Å². The molecule has 0 aromatic heterocycles. The monoisotopic (exact) mass is 366 g/mol. The summed E-state index contributed by atoms with van der Waals surface area (Å²) in [4.78, 5) is 0.270. The fraction of sp³-hybridized carbons (Fsp3) is 0.647. The summed E-state index contributed by atoms with van der Waals surface area (Å²) >= 11 is 0. The molecule has 25 heavy (non-hydrogen) atoms. The molecule has 0 bridgehead atoms. The van der Waals surface area contributed by atoms with E-state index in [1.807, 2.05) is 27.7 Å². The van der Waals surface area contributed by atoms with Crippen LogP contribution in [0.5, 0.6) is 0 Å². The average Bonchev–Trinajstić information content (AvgIpc) is 2.76. The van der Waals surface area contributed by atoms with Gasteiger partial charge in [0.05, 0.1) is 16.1 Å². The molecule has 0 unspecified atom stereocenters. The lowest BCUT2D eigenvalue weighted by molar-refractivity contribution is 0.00578. The van der Waals surface area contributed by atoms with Crippen molar-refractivity contribution in [1.82, 2.24) is 10.0 Å². The van der Waals surface area contributed by atoms with Gasteiger partial charge in [0.2, 0.25) is 10.0 Å². The quantitative estimate of drug-likeness (QED) is 0.778. The molecule has 3 rings (SSSR count). The standard InChI is InChI=1S/C17H27BN2O4S/c1-16(2)17(3,4)24-18(23-16)13-5-7-15(8-6-13)25(21,22)20-14-9-11-19-12-10-14/h5-8,14,19-20H,9-12H2,1-4H3. The Morgan fingerprint density at radius 1 is 1.04 bits per heavy atom. The number of hydrogen-bond acceptors (Lipinski definition) is 5. The van der Waals surface area contributed by atoms with Gasteiger partial charge in [-0.05, 0) is 71.2 Å². The van der Waals surface area contributed by atoms with Crippen LogP contribution in [0.1, 0.15) is 40.5 Å². The van der Waals surface area contributed by atoms with E-state index < -0.39 is 28.3 Å². The van der Waals surface area contributed by atoms with Crippen LogP contribution < -0.4 is 15.5 Å². The number of rotatable bonds is 4. The van der Waals surface area contributed by atoms with Gasteiger partial charge in [-0.1, -0.05) is 12.1 Å². The number of sulfonamides is 1. The highest BCUT2D eigenvalue weighted by molar-refractivity contribution is 7.89. The Morgan fingerprint density at radius 2 is 1.56 bits per heavy atom. The highest BCUT2D eigenvalue weighted by atomic mass is 32.2. The van der Waals surface area contributed by atoms with Gasteiger partial charge >= 0.3 is 7.12 Å². The van der Waals surface area contributed by atoms with Crippen LogP contribution in [-0.4, -0.2) is 45.9 Å². The van der Waals surface area contributed by atoms with Crippen LogP contribution in [0.4, 0.5) is 0 Å². The van der Waals surface area contributed by atoms with Crippen LogP contribution >= 0.6 is 0 Å². The van der Waals surface area contributed by atoms with E-state index in [4.69, 9.17) is 9.31 Å². The molecular weight excluding hydrogens is 339 g/mol. The van der Waals surface area contributed by atoms with Crippen molar-refractivity contribution >= 4 is 22.6 Å². The van der Waals surface area contributed by atoms with Gasteiger partial charge in [-0.3, -0.25) is 0 Å². The van der Waals surface area contributed by atoms with Crippen LogP contribution in [0, 0.1) is 0 Å². The fourth-order valence-electron chi connectivity index (χ4n) is 3.01. The van der Waals surface area contributed by atoms with Crippen LogP contribution in [0.3, 0.4) is 0 Å². The summed E-state index contributed by atoms with van der Waals surface area (Å²) in [6.45, 7) is 9.66. The molecule has 2 aliphatic heterocycles. The lowest BCUT2D eigenvalue weighted by Gasteiger charge is -2.32. The van der Waals surface area contributed by atoms with Crippen LogP contribution in [0.15, 0.2) is 29.2 Å². The minimum Gasteiger partial charge on any atom is -0.399 e.